The van der Waals surface area contributed by atoms with Crippen molar-refractivity contribution in [3.8, 4) is 0 Å². The van der Waals surface area contributed by atoms with E-state index in [-0.39, 0.29) is 5.41 Å². The monoisotopic (exact) mass is 271 g/mol. The summed E-state index contributed by atoms with van der Waals surface area (Å²) in [6.45, 7) is 10.9. The fraction of sp³-hybridized carbons (Fsp3) is 0.684. The largest absolute Gasteiger partial charge is 0.303 e. The zero-order chi connectivity index (χ0) is 14.2. The van der Waals surface area contributed by atoms with Crippen LogP contribution in [-0.4, -0.2) is 24.5 Å². The summed E-state index contributed by atoms with van der Waals surface area (Å²) in [4.78, 5) is 2.69. The third kappa shape index (κ3) is 3.44. The summed E-state index contributed by atoms with van der Waals surface area (Å²) in [5.41, 5.74) is 3.28. The standard InChI is InChI=1S/C19H29N/c1-19(2,3)18-8-6-16(7-9-18)17-10-12-20(13-11-17)14-15-4-5-15/h6-9,15,17H,4-5,10-14H2,1-3H3. The molecule has 1 saturated heterocycles. The second-order valence-electron chi connectivity index (χ2n) is 7.89. The summed E-state index contributed by atoms with van der Waals surface area (Å²) >= 11 is 0. The maximum Gasteiger partial charge on any atom is 0.000967 e. The molecule has 1 aromatic carbocycles. The summed E-state index contributed by atoms with van der Waals surface area (Å²) < 4.78 is 0. The number of hydrogen-bond acceptors (Lipinski definition) is 1. The van der Waals surface area contributed by atoms with E-state index in [2.05, 4.69) is 49.9 Å². The molecule has 1 nitrogen and oxygen atoms in total. The molecule has 1 heteroatoms. The molecule has 1 saturated carbocycles. The highest BCUT2D eigenvalue weighted by Gasteiger charge is 2.27. The lowest BCUT2D eigenvalue weighted by Crippen LogP contribution is -2.34. The number of nitrogens with zero attached hydrogens (tertiary/aromatic N) is 1. The number of piperidine rings is 1. The molecular formula is C19H29N. The summed E-state index contributed by atoms with van der Waals surface area (Å²) in [5.74, 6) is 1.83. The summed E-state index contributed by atoms with van der Waals surface area (Å²) in [6.07, 6.45) is 5.66. The van der Waals surface area contributed by atoms with E-state index in [4.69, 9.17) is 0 Å². The number of benzene rings is 1. The van der Waals surface area contributed by atoms with Gasteiger partial charge in [-0.1, -0.05) is 45.0 Å². The van der Waals surface area contributed by atoms with Gasteiger partial charge in [0.15, 0.2) is 0 Å². The predicted molar refractivity (Wildman–Crippen MR) is 86.3 cm³/mol. The minimum Gasteiger partial charge on any atom is -0.303 e. The van der Waals surface area contributed by atoms with E-state index in [9.17, 15) is 0 Å². The van der Waals surface area contributed by atoms with E-state index in [1.54, 1.807) is 5.56 Å². The van der Waals surface area contributed by atoms with Crippen LogP contribution in [0.4, 0.5) is 0 Å². The molecule has 2 aliphatic rings. The Balaban J connectivity index is 1.57. The van der Waals surface area contributed by atoms with Gasteiger partial charge in [-0.25, -0.2) is 0 Å². The molecule has 3 rings (SSSR count). The molecule has 1 aliphatic heterocycles. The first-order valence-electron chi connectivity index (χ1n) is 8.35. The van der Waals surface area contributed by atoms with Crippen molar-refractivity contribution in [1.29, 1.82) is 0 Å². The minimum absolute atomic E-state index is 0.270. The quantitative estimate of drug-likeness (QED) is 0.778. The van der Waals surface area contributed by atoms with Crippen molar-refractivity contribution in [2.45, 2.75) is 57.8 Å². The van der Waals surface area contributed by atoms with Gasteiger partial charge in [0, 0.05) is 6.54 Å². The van der Waals surface area contributed by atoms with Crippen LogP contribution in [0.25, 0.3) is 0 Å². The average Bonchev–Trinajstić information content (AvgIpc) is 3.23. The smallest absolute Gasteiger partial charge is 0.000967 e. The zero-order valence-corrected chi connectivity index (χ0v) is 13.4. The lowest BCUT2D eigenvalue weighted by molar-refractivity contribution is 0.204. The lowest BCUT2D eigenvalue weighted by Gasteiger charge is -2.32. The molecule has 0 aromatic heterocycles. The zero-order valence-electron chi connectivity index (χ0n) is 13.4. The first-order valence-corrected chi connectivity index (χ1v) is 8.35. The molecule has 1 heterocycles. The van der Waals surface area contributed by atoms with Crippen molar-refractivity contribution in [2.75, 3.05) is 19.6 Å². The van der Waals surface area contributed by atoms with Gasteiger partial charge in [-0.3, -0.25) is 0 Å². The van der Waals surface area contributed by atoms with Crippen LogP contribution in [0, 0.1) is 5.92 Å². The van der Waals surface area contributed by atoms with Crippen molar-refractivity contribution in [3.63, 3.8) is 0 Å². The van der Waals surface area contributed by atoms with Gasteiger partial charge in [0.2, 0.25) is 0 Å². The van der Waals surface area contributed by atoms with E-state index < -0.39 is 0 Å². The molecule has 0 bridgehead atoms. The molecule has 0 amide bonds. The Bertz CT molecular complexity index is 428. The van der Waals surface area contributed by atoms with Crippen LogP contribution in [0.3, 0.4) is 0 Å². The van der Waals surface area contributed by atoms with E-state index in [0.717, 1.165) is 11.8 Å². The molecule has 0 spiro atoms. The van der Waals surface area contributed by atoms with Gasteiger partial charge in [-0.15, -0.1) is 0 Å². The third-order valence-electron chi connectivity index (χ3n) is 5.05. The van der Waals surface area contributed by atoms with Crippen LogP contribution in [0.15, 0.2) is 24.3 Å². The molecule has 0 unspecified atom stereocenters. The predicted octanol–water partition coefficient (Wildman–Crippen LogP) is 4.57. The first kappa shape index (κ1) is 14.1. The van der Waals surface area contributed by atoms with Crippen LogP contribution in [-0.2, 0) is 5.41 Å². The highest BCUT2D eigenvalue weighted by molar-refractivity contribution is 5.29. The van der Waals surface area contributed by atoms with Crippen LogP contribution in [0.5, 0.6) is 0 Å². The lowest BCUT2D eigenvalue weighted by atomic mass is 9.84. The van der Waals surface area contributed by atoms with Gasteiger partial charge in [0.1, 0.15) is 0 Å². The van der Waals surface area contributed by atoms with Gasteiger partial charge in [0.25, 0.3) is 0 Å². The molecule has 20 heavy (non-hydrogen) atoms. The molecule has 2 fully saturated rings. The second kappa shape index (κ2) is 5.52. The van der Waals surface area contributed by atoms with Gasteiger partial charge >= 0.3 is 0 Å². The number of hydrogen-bond donors (Lipinski definition) is 0. The van der Waals surface area contributed by atoms with Crippen LogP contribution in [0.1, 0.15) is 63.5 Å². The van der Waals surface area contributed by atoms with Gasteiger partial charge in [0.05, 0.1) is 0 Å². The maximum atomic E-state index is 2.69. The highest BCUT2D eigenvalue weighted by Crippen LogP contribution is 2.34. The van der Waals surface area contributed by atoms with Crippen LogP contribution < -0.4 is 0 Å². The topological polar surface area (TPSA) is 3.24 Å². The van der Waals surface area contributed by atoms with Crippen molar-refractivity contribution >= 4 is 0 Å². The van der Waals surface area contributed by atoms with Crippen LogP contribution in [0.2, 0.25) is 0 Å². The van der Waals surface area contributed by atoms with Crippen molar-refractivity contribution < 1.29 is 0 Å². The normalized spacial score (nSPS) is 22.1. The Hall–Kier alpha value is -0.820. The fourth-order valence-corrected chi connectivity index (χ4v) is 3.37. The molecule has 0 radical (unpaired) electrons. The Morgan fingerprint density at radius 3 is 2.05 bits per heavy atom. The van der Waals surface area contributed by atoms with E-state index in [1.807, 2.05) is 0 Å². The van der Waals surface area contributed by atoms with Gasteiger partial charge in [-0.2, -0.15) is 0 Å². The molecular weight excluding hydrogens is 242 g/mol. The van der Waals surface area contributed by atoms with Crippen molar-refractivity contribution in [2.24, 2.45) is 5.92 Å². The number of likely N-dealkylation sites (tertiary alicyclic amines) is 1. The Labute approximate surface area is 124 Å². The fourth-order valence-electron chi connectivity index (χ4n) is 3.37. The van der Waals surface area contributed by atoms with Crippen molar-refractivity contribution in [3.05, 3.63) is 35.4 Å². The molecule has 110 valence electrons. The Morgan fingerprint density at radius 2 is 1.55 bits per heavy atom. The Kier molecular flexibility index (Phi) is 3.90. The van der Waals surface area contributed by atoms with E-state index in [0.29, 0.717) is 0 Å². The van der Waals surface area contributed by atoms with E-state index in [1.165, 1.54) is 50.9 Å². The average molecular weight is 271 g/mol. The molecule has 1 aromatic rings. The second-order valence-corrected chi connectivity index (χ2v) is 7.89. The first-order chi connectivity index (χ1) is 9.52. The molecule has 0 N–H and O–H groups in total. The summed E-state index contributed by atoms with van der Waals surface area (Å²) in [5, 5.41) is 0. The third-order valence-corrected chi connectivity index (χ3v) is 5.05. The summed E-state index contributed by atoms with van der Waals surface area (Å²) in [7, 11) is 0. The minimum atomic E-state index is 0.270. The maximum absolute atomic E-state index is 2.69. The highest BCUT2D eigenvalue weighted by atomic mass is 15.1. The van der Waals surface area contributed by atoms with Crippen molar-refractivity contribution in [1.82, 2.24) is 4.90 Å². The number of rotatable bonds is 3. The van der Waals surface area contributed by atoms with E-state index >= 15 is 0 Å². The molecule has 1 aliphatic carbocycles. The van der Waals surface area contributed by atoms with Gasteiger partial charge < -0.3 is 4.90 Å². The molecule has 0 atom stereocenters. The SMILES string of the molecule is CC(C)(C)c1ccc(C2CCN(CC3CC3)CC2)cc1. The van der Waals surface area contributed by atoms with Crippen LogP contribution >= 0.6 is 0 Å². The summed E-state index contributed by atoms with van der Waals surface area (Å²) in [6, 6.07) is 9.43. The Morgan fingerprint density at radius 1 is 0.950 bits per heavy atom. The van der Waals surface area contributed by atoms with Gasteiger partial charge in [-0.05, 0) is 67.2 Å².